The minimum Gasteiger partial charge on any atom is -0.307 e. The molecular weight excluding hydrogens is 229 g/mol. The van der Waals surface area contributed by atoms with E-state index in [-0.39, 0.29) is 17.9 Å². The number of hydrogen-bond donors (Lipinski definition) is 2. The molecule has 2 unspecified atom stereocenters. The Morgan fingerprint density at radius 1 is 1.33 bits per heavy atom. The van der Waals surface area contributed by atoms with Crippen molar-refractivity contribution in [2.24, 2.45) is 0 Å². The Morgan fingerprint density at radius 3 is 2.78 bits per heavy atom. The van der Waals surface area contributed by atoms with Crippen molar-refractivity contribution >= 4 is 0 Å². The van der Waals surface area contributed by atoms with E-state index < -0.39 is 0 Å². The van der Waals surface area contributed by atoms with Crippen molar-refractivity contribution in [1.82, 2.24) is 15.5 Å². The smallest absolute Gasteiger partial charge is 0.126 e. The van der Waals surface area contributed by atoms with Gasteiger partial charge in [-0.05, 0) is 31.9 Å². The molecule has 4 heteroatoms. The van der Waals surface area contributed by atoms with E-state index in [1.165, 1.54) is 6.07 Å². The molecule has 3 nitrogen and oxygen atoms in total. The number of nitrogens with zero attached hydrogens (tertiary/aromatic N) is 1. The molecule has 0 amide bonds. The second kappa shape index (κ2) is 5.78. The minimum absolute atomic E-state index is 0.137. The van der Waals surface area contributed by atoms with Gasteiger partial charge in [-0.2, -0.15) is 5.10 Å². The molecule has 0 aliphatic carbocycles. The third kappa shape index (κ3) is 3.17. The van der Waals surface area contributed by atoms with Crippen LogP contribution in [0.3, 0.4) is 0 Å². The van der Waals surface area contributed by atoms with Gasteiger partial charge in [-0.1, -0.05) is 18.2 Å². The maximum absolute atomic E-state index is 13.5. The summed E-state index contributed by atoms with van der Waals surface area (Å²) in [6, 6.07) is 7.31. The highest BCUT2D eigenvalue weighted by Crippen LogP contribution is 2.13. The molecule has 2 aromatic rings. The first-order valence-electron chi connectivity index (χ1n) is 6.15. The van der Waals surface area contributed by atoms with Gasteiger partial charge in [0, 0.05) is 23.8 Å². The third-order valence-corrected chi connectivity index (χ3v) is 3.04. The molecule has 0 aliphatic heterocycles. The number of benzene rings is 1. The second-order valence-corrected chi connectivity index (χ2v) is 4.62. The normalized spacial score (nSPS) is 14.4. The number of aromatic amines is 1. The number of rotatable bonds is 5. The van der Waals surface area contributed by atoms with Crippen LogP contribution in [-0.2, 0) is 6.42 Å². The summed E-state index contributed by atoms with van der Waals surface area (Å²) in [5, 5.41) is 10.1. The molecule has 2 atom stereocenters. The van der Waals surface area contributed by atoms with Gasteiger partial charge in [-0.15, -0.1) is 0 Å². The quantitative estimate of drug-likeness (QED) is 0.853. The van der Waals surface area contributed by atoms with Gasteiger partial charge in [0.05, 0.1) is 6.20 Å². The molecule has 2 N–H and O–H groups in total. The lowest BCUT2D eigenvalue weighted by Gasteiger charge is -2.19. The van der Waals surface area contributed by atoms with Crippen LogP contribution in [0.5, 0.6) is 0 Å². The van der Waals surface area contributed by atoms with Crippen molar-refractivity contribution in [2.45, 2.75) is 32.4 Å². The lowest BCUT2D eigenvalue weighted by Crippen LogP contribution is -2.30. The predicted molar refractivity (Wildman–Crippen MR) is 69.7 cm³/mol. The summed E-state index contributed by atoms with van der Waals surface area (Å²) in [5.74, 6) is -0.137. The lowest BCUT2D eigenvalue weighted by molar-refractivity contribution is 0.469. The molecular formula is C14H18FN3. The monoisotopic (exact) mass is 247 g/mol. The summed E-state index contributed by atoms with van der Waals surface area (Å²) in [4.78, 5) is 0. The largest absolute Gasteiger partial charge is 0.307 e. The molecule has 2 rings (SSSR count). The number of nitrogens with one attached hydrogen (secondary N) is 2. The van der Waals surface area contributed by atoms with Crippen molar-refractivity contribution in [2.75, 3.05) is 0 Å². The number of aromatic nitrogens is 2. The van der Waals surface area contributed by atoms with Crippen molar-refractivity contribution in [3.05, 3.63) is 53.6 Å². The molecule has 0 radical (unpaired) electrons. The van der Waals surface area contributed by atoms with Gasteiger partial charge in [0.15, 0.2) is 0 Å². The number of H-pyrrole nitrogens is 1. The first-order chi connectivity index (χ1) is 8.66. The summed E-state index contributed by atoms with van der Waals surface area (Å²) >= 11 is 0. The molecule has 96 valence electrons. The first-order valence-corrected chi connectivity index (χ1v) is 6.15. The van der Waals surface area contributed by atoms with E-state index in [2.05, 4.69) is 29.4 Å². The van der Waals surface area contributed by atoms with E-state index in [1.807, 2.05) is 18.3 Å². The Balaban J connectivity index is 1.93. The Hall–Kier alpha value is -1.68. The third-order valence-electron chi connectivity index (χ3n) is 3.04. The predicted octanol–water partition coefficient (Wildman–Crippen LogP) is 2.83. The Kier molecular flexibility index (Phi) is 4.10. The van der Waals surface area contributed by atoms with Gasteiger partial charge in [-0.3, -0.25) is 5.10 Å². The number of hydrogen-bond acceptors (Lipinski definition) is 2. The van der Waals surface area contributed by atoms with E-state index >= 15 is 0 Å². The Labute approximate surface area is 106 Å². The summed E-state index contributed by atoms with van der Waals surface area (Å²) in [6.07, 6.45) is 4.34. The minimum atomic E-state index is -0.137. The highest BCUT2D eigenvalue weighted by Gasteiger charge is 2.12. The Bertz CT molecular complexity index is 482. The average Bonchev–Trinajstić information content (AvgIpc) is 2.85. The van der Waals surface area contributed by atoms with E-state index in [0.29, 0.717) is 6.42 Å². The zero-order chi connectivity index (χ0) is 13.0. The van der Waals surface area contributed by atoms with Crippen LogP contribution in [0.4, 0.5) is 4.39 Å². The molecule has 18 heavy (non-hydrogen) atoms. The van der Waals surface area contributed by atoms with Crippen LogP contribution in [0.25, 0.3) is 0 Å². The number of halogens is 1. The van der Waals surface area contributed by atoms with Crippen LogP contribution < -0.4 is 5.32 Å². The van der Waals surface area contributed by atoms with E-state index in [9.17, 15) is 4.39 Å². The first kappa shape index (κ1) is 12.8. The van der Waals surface area contributed by atoms with Crippen LogP contribution in [0, 0.1) is 5.82 Å². The van der Waals surface area contributed by atoms with Crippen LogP contribution in [0.15, 0.2) is 36.7 Å². The molecule has 0 aliphatic rings. The fourth-order valence-electron chi connectivity index (χ4n) is 2.07. The van der Waals surface area contributed by atoms with Crippen molar-refractivity contribution in [3.8, 4) is 0 Å². The molecule has 0 saturated heterocycles. The standard InChI is InChI=1S/C14H18FN3/c1-10(7-12-5-3-4-6-14(12)15)18-11(2)13-8-16-17-9-13/h3-6,8-11,18H,7H2,1-2H3,(H,16,17). The molecule has 1 aromatic carbocycles. The highest BCUT2D eigenvalue weighted by atomic mass is 19.1. The summed E-state index contributed by atoms with van der Waals surface area (Å²) in [6.45, 7) is 4.13. The van der Waals surface area contributed by atoms with Gasteiger partial charge in [0.2, 0.25) is 0 Å². The zero-order valence-corrected chi connectivity index (χ0v) is 10.7. The molecule has 0 spiro atoms. The van der Waals surface area contributed by atoms with Crippen LogP contribution >= 0.6 is 0 Å². The van der Waals surface area contributed by atoms with Gasteiger partial charge >= 0.3 is 0 Å². The van der Waals surface area contributed by atoms with Crippen molar-refractivity contribution in [1.29, 1.82) is 0 Å². The lowest BCUT2D eigenvalue weighted by atomic mass is 10.0. The van der Waals surface area contributed by atoms with Gasteiger partial charge < -0.3 is 5.32 Å². The fourth-order valence-corrected chi connectivity index (χ4v) is 2.07. The topological polar surface area (TPSA) is 40.7 Å². The maximum Gasteiger partial charge on any atom is 0.126 e. The highest BCUT2D eigenvalue weighted by molar-refractivity contribution is 5.18. The molecule has 1 heterocycles. The second-order valence-electron chi connectivity index (χ2n) is 4.62. The van der Waals surface area contributed by atoms with E-state index in [0.717, 1.165) is 11.1 Å². The zero-order valence-electron chi connectivity index (χ0n) is 10.7. The van der Waals surface area contributed by atoms with Gasteiger partial charge in [0.25, 0.3) is 0 Å². The summed E-state index contributed by atoms with van der Waals surface area (Å²) in [7, 11) is 0. The molecule has 0 saturated carbocycles. The van der Waals surface area contributed by atoms with E-state index in [1.54, 1.807) is 12.3 Å². The van der Waals surface area contributed by atoms with Crippen LogP contribution in [0.1, 0.15) is 31.0 Å². The summed E-state index contributed by atoms with van der Waals surface area (Å²) < 4.78 is 13.5. The fraction of sp³-hybridized carbons (Fsp3) is 0.357. The SMILES string of the molecule is CC(Cc1ccccc1F)NC(C)c1cn[nH]c1. The van der Waals surface area contributed by atoms with Gasteiger partial charge in [0.1, 0.15) is 5.82 Å². The van der Waals surface area contributed by atoms with Crippen LogP contribution in [-0.4, -0.2) is 16.2 Å². The van der Waals surface area contributed by atoms with Crippen LogP contribution in [0.2, 0.25) is 0 Å². The summed E-state index contributed by atoms with van der Waals surface area (Å²) in [5.41, 5.74) is 1.85. The molecule has 0 fully saturated rings. The van der Waals surface area contributed by atoms with Crippen molar-refractivity contribution in [3.63, 3.8) is 0 Å². The Morgan fingerprint density at radius 2 is 2.11 bits per heavy atom. The average molecular weight is 247 g/mol. The van der Waals surface area contributed by atoms with E-state index in [4.69, 9.17) is 0 Å². The maximum atomic E-state index is 13.5. The molecule has 0 bridgehead atoms. The molecule has 1 aromatic heterocycles. The van der Waals surface area contributed by atoms with Gasteiger partial charge in [-0.25, -0.2) is 4.39 Å². The van der Waals surface area contributed by atoms with Crippen molar-refractivity contribution < 1.29 is 4.39 Å².